The number of halogens is 1. The van der Waals surface area contributed by atoms with Crippen LogP contribution in [0.1, 0.15) is 111 Å². The minimum atomic E-state index is -1.17. The Bertz CT molecular complexity index is 1530. The average molecular weight is 746 g/mol. The highest BCUT2D eigenvalue weighted by molar-refractivity contribution is 6.38. The maximum Gasteiger partial charge on any atom is 0.287 e. The number of likely N-dealkylation sites (tertiary alicyclic amines) is 1. The number of rotatable bonds is 15. The van der Waals surface area contributed by atoms with Crippen LogP contribution in [0, 0.1) is 17.3 Å². The number of carbonyl (C=O) groups excluding carboxylic acids is 5. The summed E-state index contributed by atoms with van der Waals surface area (Å²) in [6.07, 6.45) is 8.84. The van der Waals surface area contributed by atoms with Gasteiger partial charge in [0.2, 0.25) is 23.5 Å². The molecule has 0 radical (unpaired) electrons. The average Bonchev–Trinajstić information content (AvgIpc) is 3.88. The van der Waals surface area contributed by atoms with Gasteiger partial charge in [0.15, 0.2) is 5.60 Å². The van der Waals surface area contributed by atoms with E-state index in [0.29, 0.717) is 34.2 Å². The predicted molar refractivity (Wildman–Crippen MR) is 197 cm³/mol. The molecule has 2 aliphatic carbocycles. The first-order chi connectivity index (χ1) is 24.5. The quantitative estimate of drug-likeness (QED) is 0.100. The van der Waals surface area contributed by atoms with Gasteiger partial charge in [-0.3, -0.25) is 24.0 Å². The molecule has 3 fully saturated rings. The van der Waals surface area contributed by atoms with Crippen molar-refractivity contribution in [2.24, 2.45) is 28.1 Å². The zero-order valence-corrected chi connectivity index (χ0v) is 32.4. The molecule has 0 unspecified atom stereocenters. The molecule has 0 aromatic heterocycles. The van der Waals surface area contributed by atoms with E-state index in [9.17, 15) is 24.0 Å². The van der Waals surface area contributed by atoms with Crippen LogP contribution in [0.4, 0.5) is 0 Å². The number of methoxy groups -OCH3 is 2. The Morgan fingerprint density at radius 2 is 1.62 bits per heavy atom. The molecule has 1 aliphatic heterocycles. The Labute approximate surface area is 312 Å². The highest BCUT2D eigenvalue weighted by atomic mass is 35.5. The number of hydrogen-bond donors (Lipinski definition) is 3. The lowest BCUT2D eigenvalue weighted by Gasteiger charge is -2.36. The number of ketones is 1. The molecule has 13 nitrogen and oxygen atoms in total. The molecule has 3 aliphatic rings. The highest BCUT2D eigenvalue weighted by Gasteiger charge is 2.52. The van der Waals surface area contributed by atoms with E-state index in [1.54, 1.807) is 26.0 Å². The van der Waals surface area contributed by atoms with Crippen LogP contribution in [0.15, 0.2) is 17.3 Å². The van der Waals surface area contributed by atoms with E-state index in [2.05, 4.69) is 15.8 Å². The normalized spacial score (nSPS) is 22.5. The van der Waals surface area contributed by atoms with E-state index in [1.165, 1.54) is 19.1 Å². The van der Waals surface area contributed by atoms with Crippen molar-refractivity contribution in [2.75, 3.05) is 20.8 Å². The van der Waals surface area contributed by atoms with Gasteiger partial charge in [-0.2, -0.15) is 0 Å². The van der Waals surface area contributed by atoms with E-state index in [-0.39, 0.29) is 37.1 Å². The van der Waals surface area contributed by atoms with Crippen molar-refractivity contribution in [2.45, 2.75) is 129 Å². The summed E-state index contributed by atoms with van der Waals surface area (Å²) in [7, 11) is 3.00. The molecule has 1 aromatic carbocycles. The predicted octanol–water partition coefficient (Wildman–Crippen LogP) is 4.69. The molecule has 52 heavy (non-hydrogen) atoms. The summed E-state index contributed by atoms with van der Waals surface area (Å²) in [5, 5.41) is 10.5. The first-order valence-corrected chi connectivity index (χ1v) is 18.7. The Hall–Kier alpha value is -3.87. The van der Waals surface area contributed by atoms with Crippen LogP contribution in [0.5, 0.6) is 11.5 Å². The zero-order chi connectivity index (χ0) is 38.4. The molecule has 4 amide bonds. The van der Waals surface area contributed by atoms with Crippen molar-refractivity contribution in [3.05, 3.63) is 22.7 Å². The number of oxime groups is 1. The van der Waals surface area contributed by atoms with Gasteiger partial charge in [0, 0.05) is 24.5 Å². The summed E-state index contributed by atoms with van der Waals surface area (Å²) in [5.41, 5.74) is 4.43. The van der Waals surface area contributed by atoms with Crippen LogP contribution in [0.2, 0.25) is 5.02 Å². The number of nitrogens with one attached hydrogen (secondary N) is 2. The van der Waals surface area contributed by atoms with Gasteiger partial charge in [0.05, 0.1) is 37.5 Å². The summed E-state index contributed by atoms with van der Waals surface area (Å²) in [4.78, 5) is 74.4. The lowest BCUT2D eigenvalue weighted by molar-refractivity contribution is -0.145. The second kappa shape index (κ2) is 17.3. The highest BCUT2D eigenvalue weighted by Crippen LogP contribution is 2.37. The van der Waals surface area contributed by atoms with Crippen LogP contribution in [-0.4, -0.2) is 84.5 Å². The smallest absolute Gasteiger partial charge is 0.287 e. The van der Waals surface area contributed by atoms with Gasteiger partial charge in [0.25, 0.3) is 5.91 Å². The second-order valence-corrected chi connectivity index (χ2v) is 16.4. The van der Waals surface area contributed by atoms with Gasteiger partial charge in [-0.15, -0.1) is 0 Å². The van der Waals surface area contributed by atoms with Crippen molar-refractivity contribution in [1.82, 2.24) is 15.5 Å². The number of benzene rings is 1. The fraction of sp³-hybridized carbons (Fsp3) is 0.684. The number of hydrogen-bond acceptors (Lipinski definition) is 9. The third-order valence-electron chi connectivity index (χ3n) is 10.4. The molecule has 288 valence electrons. The molecule has 1 saturated heterocycles. The third-order valence-corrected chi connectivity index (χ3v) is 10.7. The van der Waals surface area contributed by atoms with E-state index in [0.717, 1.165) is 51.4 Å². The van der Waals surface area contributed by atoms with Crippen molar-refractivity contribution in [1.29, 1.82) is 0 Å². The standard InChI is InChI=1S/C38H56ClN5O8/c1-22(25-18-26(39)30(51-7)19-29(25)50-6)43-52-38(5)20-28(35(48)41-27(16-24-14-15-24)32(46)34(40)47)44(21-38)36(49)33(37(2,3)4)42-31(45)17-23-12-10-8-9-11-13-23/h18-19,23-24,27-28,33H,8-17,20-21H2,1-7H3,(H2,40,47)(H,41,48)(H,42,45)/b43-22+/t27-,28-,33+,38+/m0/s1. The number of nitrogens with zero attached hydrogens (tertiary/aromatic N) is 2. The van der Waals surface area contributed by atoms with Crippen LogP contribution in [0.3, 0.4) is 0 Å². The van der Waals surface area contributed by atoms with Crippen molar-refractivity contribution < 1.29 is 38.3 Å². The van der Waals surface area contributed by atoms with Crippen LogP contribution in [0.25, 0.3) is 0 Å². The van der Waals surface area contributed by atoms with Gasteiger partial charge in [-0.05, 0) is 56.4 Å². The largest absolute Gasteiger partial charge is 0.496 e. The molecular weight excluding hydrogens is 690 g/mol. The van der Waals surface area contributed by atoms with Crippen LogP contribution in [-0.2, 0) is 28.8 Å². The molecule has 14 heteroatoms. The first kappa shape index (κ1) is 40.9. The Morgan fingerprint density at radius 3 is 2.17 bits per heavy atom. The molecule has 2 saturated carbocycles. The first-order valence-electron chi connectivity index (χ1n) is 18.3. The second-order valence-electron chi connectivity index (χ2n) is 16.0. The number of amides is 4. The number of carbonyl (C=O) groups is 5. The summed E-state index contributed by atoms with van der Waals surface area (Å²) < 4.78 is 10.8. The minimum absolute atomic E-state index is 0.00957. The number of nitrogens with two attached hydrogens (primary N) is 1. The lowest BCUT2D eigenvalue weighted by Crippen LogP contribution is -2.59. The minimum Gasteiger partial charge on any atom is -0.496 e. The maximum absolute atomic E-state index is 14.6. The fourth-order valence-electron chi connectivity index (χ4n) is 7.18. The molecule has 4 rings (SSSR count). The van der Waals surface area contributed by atoms with E-state index in [4.69, 9.17) is 31.6 Å². The zero-order valence-electron chi connectivity index (χ0n) is 31.6. The Kier molecular flexibility index (Phi) is 13.6. The fourth-order valence-corrected chi connectivity index (χ4v) is 7.42. The maximum atomic E-state index is 14.6. The summed E-state index contributed by atoms with van der Waals surface area (Å²) >= 11 is 6.40. The van der Waals surface area contributed by atoms with Gasteiger partial charge in [-0.1, -0.05) is 76.1 Å². The van der Waals surface area contributed by atoms with Gasteiger partial charge >= 0.3 is 0 Å². The monoisotopic (exact) mass is 745 g/mol. The SMILES string of the molecule is COc1cc(OC)c(/C(C)=N/O[C@]2(C)C[C@@H](C(=O)N[C@@H](CC3CC3)C(=O)C(N)=O)N(C(=O)[C@@H](NC(=O)CC3CCCCCC3)C(C)(C)C)C2)cc1Cl. The summed E-state index contributed by atoms with van der Waals surface area (Å²) in [6, 6.07) is 0.0911. The molecule has 4 N–H and O–H groups in total. The Morgan fingerprint density at radius 1 is 0.981 bits per heavy atom. The summed E-state index contributed by atoms with van der Waals surface area (Å²) in [5.74, 6) is -1.99. The van der Waals surface area contributed by atoms with Gasteiger partial charge in [-0.25, -0.2) is 0 Å². The number of Topliss-reactive ketones (excluding diaryl/α,β-unsaturated/α-hetero) is 1. The van der Waals surface area contributed by atoms with E-state index in [1.807, 2.05) is 20.8 Å². The topological polar surface area (TPSA) is 179 Å². The van der Waals surface area contributed by atoms with Crippen molar-refractivity contribution in [3.8, 4) is 11.5 Å². The molecule has 1 heterocycles. The molecule has 0 spiro atoms. The summed E-state index contributed by atoms with van der Waals surface area (Å²) in [6.45, 7) is 8.98. The van der Waals surface area contributed by atoms with Crippen molar-refractivity contribution in [3.63, 3.8) is 0 Å². The third kappa shape index (κ3) is 10.6. The molecule has 4 atom stereocenters. The number of primary amides is 1. The van der Waals surface area contributed by atoms with E-state index < -0.39 is 52.6 Å². The lowest BCUT2D eigenvalue weighted by atomic mass is 9.85. The number of ether oxygens (including phenoxy) is 2. The Balaban J connectivity index is 1.63. The van der Waals surface area contributed by atoms with E-state index >= 15 is 0 Å². The van der Waals surface area contributed by atoms with Crippen LogP contribution >= 0.6 is 11.6 Å². The van der Waals surface area contributed by atoms with Crippen LogP contribution < -0.4 is 25.8 Å². The van der Waals surface area contributed by atoms with Gasteiger partial charge in [0.1, 0.15) is 23.6 Å². The molecular formula is C38H56ClN5O8. The molecule has 0 bridgehead atoms. The molecule has 1 aromatic rings. The van der Waals surface area contributed by atoms with Crippen molar-refractivity contribution >= 4 is 46.7 Å². The van der Waals surface area contributed by atoms with Gasteiger partial charge < -0.3 is 35.6 Å².